The topological polar surface area (TPSA) is 202 Å². The summed E-state index contributed by atoms with van der Waals surface area (Å²) < 4.78 is 0. The molecule has 0 atom stereocenters. The van der Waals surface area contributed by atoms with Gasteiger partial charge in [0.25, 0.3) is 0 Å². The maximum absolute atomic E-state index is 10.8. The zero-order valence-corrected chi connectivity index (χ0v) is 23.8. The summed E-state index contributed by atoms with van der Waals surface area (Å²) in [5.41, 5.74) is 2.49. The van der Waals surface area contributed by atoms with Crippen molar-refractivity contribution in [3.8, 4) is 57.5 Å². The third kappa shape index (κ3) is 5.61. The summed E-state index contributed by atoms with van der Waals surface area (Å²) in [5, 5.41) is 108. The molecule has 10 aliphatic carbocycles. The van der Waals surface area contributed by atoms with Crippen molar-refractivity contribution in [3.63, 3.8) is 0 Å². The van der Waals surface area contributed by atoms with Crippen molar-refractivity contribution in [3.05, 3.63) is 116 Å². The van der Waals surface area contributed by atoms with Gasteiger partial charge in [0.05, 0.1) is 0 Å². The van der Waals surface area contributed by atoms with Gasteiger partial charge in [-0.1, -0.05) is 0 Å². The molecule has 10 nitrogen and oxygen atoms in total. The lowest BCUT2D eigenvalue weighted by Gasteiger charge is -2.15. The van der Waals surface area contributed by atoms with Gasteiger partial charge >= 0.3 is 0 Å². The number of hydrogen-bond acceptors (Lipinski definition) is 10. The number of phenolic OH excluding ortho intramolecular Hbond substituents is 10. The van der Waals surface area contributed by atoms with Crippen LogP contribution in [0.15, 0.2) is 60.7 Å². The fraction of sp³-hybridized carbons (Fsp3) is 0.143. The fourth-order valence-electron chi connectivity index (χ4n) is 5.79. The molecule has 15 rings (SSSR count). The van der Waals surface area contributed by atoms with Crippen molar-refractivity contribution < 1.29 is 51.1 Å². The van der Waals surface area contributed by atoms with Crippen molar-refractivity contribution >= 4 is 0 Å². The van der Waals surface area contributed by atoms with E-state index < -0.39 is 0 Å². The number of rotatable bonds is 0. The standard InChI is InChI=1S/C35H30O10/c36-26-9-18-4-19-10-29(39)20(11-28(19)38)5-21-12-31(41)22(13-30(21)40)6-23-14-33(43)24(15-32(23)42)7-25-34(44)2-16(3-35(25)45)1-17(26)8-27(18)37/h2-3,8-15,36-45H,1,4-7H2. The Bertz CT molecular complexity index is 1970. The van der Waals surface area contributed by atoms with Gasteiger partial charge in [0, 0.05) is 82.2 Å². The van der Waals surface area contributed by atoms with Crippen LogP contribution in [0.4, 0.5) is 0 Å². The molecule has 10 heteroatoms. The van der Waals surface area contributed by atoms with Gasteiger partial charge in [-0.15, -0.1) is 0 Å². The first kappa shape index (κ1) is 29.2. The second-order valence-electron chi connectivity index (χ2n) is 11.4. The molecule has 10 bridgehead atoms. The summed E-state index contributed by atoms with van der Waals surface area (Å²) in [4.78, 5) is 0. The molecular weight excluding hydrogens is 580 g/mol. The number of hydrogen-bond donors (Lipinski definition) is 10. The van der Waals surface area contributed by atoms with E-state index in [1.807, 2.05) is 0 Å². The molecule has 0 unspecified atom stereocenters. The summed E-state index contributed by atoms with van der Waals surface area (Å²) in [7, 11) is 0. The first-order chi connectivity index (χ1) is 21.4. The van der Waals surface area contributed by atoms with E-state index in [1.54, 1.807) is 0 Å². The molecule has 45 heavy (non-hydrogen) atoms. The molecule has 5 aromatic rings. The Morgan fingerprint density at radius 3 is 0.733 bits per heavy atom. The smallest absolute Gasteiger partial charge is 0.123 e. The third-order valence-corrected chi connectivity index (χ3v) is 8.29. The van der Waals surface area contributed by atoms with Crippen LogP contribution in [0.2, 0.25) is 0 Å². The van der Waals surface area contributed by atoms with E-state index in [0.717, 1.165) is 0 Å². The van der Waals surface area contributed by atoms with Gasteiger partial charge in [0.2, 0.25) is 0 Å². The molecule has 0 saturated carbocycles. The highest BCUT2D eigenvalue weighted by Gasteiger charge is 2.20. The second kappa shape index (κ2) is 11.0. The lowest BCUT2D eigenvalue weighted by molar-refractivity contribution is 0.434. The van der Waals surface area contributed by atoms with Crippen molar-refractivity contribution in [1.82, 2.24) is 0 Å². The summed E-state index contributed by atoms with van der Waals surface area (Å²) in [6, 6.07) is 13.2. The second-order valence-corrected chi connectivity index (χ2v) is 11.4. The molecule has 0 fully saturated rings. The van der Waals surface area contributed by atoms with Crippen LogP contribution < -0.4 is 0 Å². The highest BCUT2D eigenvalue weighted by molar-refractivity contribution is 5.58. The predicted octanol–water partition coefficient (Wildman–Crippen LogP) is 5.01. The van der Waals surface area contributed by atoms with E-state index in [0.29, 0.717) is 11.1 Å². The molecule has 0 spiro atoms. The van der Waals surface area contributed by atoms with Gasteiger partial charge in [-0.3, -0.25) is 0 Å². The van der Waals surface area contributed by atoms with E-state index in [9.17, 15) is 51.1 Å². The van der Waals surface area contributed by atoms with Crippen LogP contribution in [0, 0.1) is 0 Å². The average molecular weight is 611 g/mol. The Morgan fingerprint density at radius 2 is 0.467 bits per heavy atom. The minimum absolute atomic E-state index is 0.0297. The molecule has 0 saturated heterocycles. The zero-order chi connectivity index (χ0) is 32.2. The van der Waals surface area contributed by atoms with Crippen molar-refractivity contribution in [1.29, 1.82) is 0 Å². The molecule has 10 aliphatic rings. The SMILES string of the molecule is Oc1cc2c(O)cc1Cc1cc(O)c(c(O)c1)Cc1cc(O)c(cc1O)Cc1cc(O)c(cc1O)Cc1cc(O)c(cc1O)C2. The first-order valence-corrected chi connectivity index (χ1v) is 14.0. The highest BCUT2D eigenvalue weighted by atomic mass is 16.3. The Balaban J connectivity index is 1.49. The maximum Gasteiger partial charge on any atom is 0.123 e. The largest absolute Gasteiger partial charge is 0.508 e. The van der Waals surface area contributed by atoms with Crippen molar-refractivity contribution in [2.75, 3.05) is 0 Å². The molecule has 5 aromatic carbocycles. The molecule has 0 amide bonds. The molecule has 0 heterocycles. The molecule has 0 radical (unpaired) electrons. The summed E-state index contributed by atoms with van der Waals surface area (Å²) in [5.74, 6) is -2.28. The van der Waals surface area contributed by atoms with Crippen LogP contribution in [0.1, 0.15) is 55.6 Å². The van der Waals surface area contributed by atoms with E-state index in [1.165, 1.54) is 60.7 Å². The Hall–Kier alpha value is -5.90. The molecule has 10 N–H and O–H groups in total. The van der Waals surface area contributed by atoms with Crippen LogP contribution in [-0.4, -0.2) is 51.1 Å². The molecule has 0 aliphatic heterocycles. The van der Waals surface area contributed by atoms with Crippen LogP contribution in [-0.2, 0) is 32.1 Å². The van der Waals surface area contributed by atoms with Crippen molar-refractivity contribution in [2.24, 2.45) is 0 Å². The molecule has 230 valence electrons. The highest BCUT2D eigenvalue weighted by Crippen LogP contribution is 2.40. The predicted molar refractivity (Wildman–Crippen MR) is 163 cm³/mol. The number of benzene rings is 5. The number of aromatic hydroxyl groups is 10. The van der Waals surface area contributed by atoms with E-state index in [2.05, 4.69) is 0 Å². The van der Waals surface area contributed by atoms with Crippen LogP contribution in [0.5, 0.6) is 57.5 Å². The summed E-state index contributed by atoms with van der Waals surface area (Å²) in [6.45, 7) is 0. The van der Waals surface area contributed by atoms with Gasteiger partial charge in [-0.2, -0.15) is 0 Å². The molecule has 0 aromatic heterocycles. The van der Waals surface area contributed by atoms with Gasteiger partial charge in [0.15, 0.2) is 0 Å². The summed E-state index contributed by atoms with van der Waals surface area (Å²) in [6.07, 6.45) is -0.277. The lowest BCUT2D eigenvalue weighted by Crippen LogP contribution is -1.97. The Morgan fingerprint density at radius 1 is 0.244 bits per heavy atom. The lowest BCUT2D eigenvalue weighted by atomic mass is 9.94. The Kier molecular flexibility index (Phi) is 7.12. The average Bonchev–Trinajstić information content (AvgIpc) is 2.96. The van der Waals surface area contributed by atoms with E-state index in [4.69, 9.17) is 0 Å². The fourth-order valence-corrected chi connectivity index (χ4v) is 5.79. The number of phenols is 10. The van der Waals surface area contributed by atoms with Gasteiger partial charge in [-0.25, -0.2) is 0 Å². The van der Waals surface area contributed by atoms with Crippen molar-refractivity contribution in [2.45, 2.75) is 32.1 Å². The van der Waals surface area contributed by atoms with E-state index >= 15 is 0 Å². The monoisotopic (exact) mass is 610 g/mol. The van der Waals surface area contributed by atoms with Gasteiger partial charge < -0.3 is 51.1 Å². The minimum atomic E-state index is -0.293. The normalized spacial score (nSPS) is 12.9. The minimum Gasteiger partial charge on any atom is -0.508 e. The zero-order valence-electron chi connectivity index (χ0n) is 23.8. The van der Waals surface area contributed by atoms with Crippen LogP contribution in [0.25, 0.3) is 0 Å². The third-order valence-electron chi connectivity index (χ3n) is 8.29. The Labute approximate surface area is 256 Å². The van der Waals surface area contributed by atoms with Gasteiger partial charge in [0.1, 0.15) is 57.5 Å². The van der Waals surface area contributed by atoms with E-state index in [-0.39, 0.29) is 134 Å². The molecular formula is C35H30O10. The van der Waals surface area contributed by atoms with Crippen LogP contribution >= 0.6 is 0 Å². The quantitative estimate of drug-likeness (QED) is 0.104. The van der Waals surface area contributed by atoms with Gasteiger partial charge in [-0.05, 0) is 66.2 Å². The maximum atomic E-state index is 10.8. The van der Waals surface area contributed by atoms with Crippen LogP contribution in [0.3, 0.4) is 0 Å². The first-order valence-electron chi connectivity index (χ1n) is 14.0. The summed E-state index contributed by atoms with van der Waals surface area (Å²) >= 11 is 0.